The first-order valence-corrected chi connectivity index (χ1v) is 8.82. The number of nitrogens with zero attached hydrogens (tertiary/aromatic N) is 3. The van der Waals surface area contributed by atoms with Gasteiger partial charge in [0, 0.05) is 5.56 Å². The Kier molecular flexibility index (Phi) is 5.07. The van der Waals surface area contributed by atoms with Gasteiger partial charge in [0.05, 0.1) is 12.7 Å². The third-order valence-corrected chi connectivity index (χ3v) is 4.26. The molecule has 4 aromatic rings. The van der Waals surface area contributed by atoms with Gasteiger partial charge in [0.1, 0.15) is 22.8 Å². The van der Waals surface area contributed by atoms with Crippen LogP contribution in [0, 0.1) is 6.92 Å². The molecule has 0 fully saturated rings. The largest absolute Gasteiger partial charge is 0.496 e. The molecule has 0 saturated carbocycles. The van der Waals surface area contributed by atoms with Crippen LogP contribution in [0.15, 0.2) is 63.6 Å². The number of rotatable bonds is 6. The fraction of sp³-hybridized carbons (Fsp3) is 0.143. The number of carbonyl (C=O) groups is 1. The van der Waals surface area contributed by atoms with E-state index in [1.54, 1.807) is 20.1 Å². The highest BCUT2D eigenvalue weighted by molar-refractivity contribution is 5.97. The van der Waals surface area contributed by atoms with Crippen molar-refractivity contribution in [2.45, 2.75) is 13.5 Å². The summed E-state index contributed by atoms with van der Waals surface area (Å²) in [5.41, 5.74) is 2.12. The van der Waals surface area contributed by atoms with E-state index in [-0.39, 0.29) is 18.1 Å². The van der Waals surface area contributed by atoms with Crippen molar-refractivity contribution in [2.24, 2.45) is 0 Å². The molecular formula is C21H17N3O5. The maximum absolute atomic E-state index is 12.6. The van der Waals surface area contributed by atoms with Crippen LogP contribution in [0.3, 0.4) is 0 Å². The van der Waals surface area contributed by atoms with Crippen LogP contribution in [-0.2, 0) is 11.3 Å². The van der Waals surface area contributed by atoms with Crippen molar-refractivity contribution >= 4 is 5.97 Å². The molecule has 0 atom stereocenters. The summed E-state index contributed by atoms with van der Waals surface area (Å²) >= 11 is 0. The van der Waals surface area contributed by atoms with Crippen molar-refractivity contribution in [1.82, 2.24) is 15.3 Å². The van der Waals surface area contributed by atoms with Gasteiger partial charge in [-0.05, 0) is 19.1 Å². The smallest absolute Gasteiger partial charge is 0.344 e. The zero-order valence-corrected chi connectivity index (χ0v) is 15.8. The number of para-hydroxylation sites is 1. The SMILES string of the molecule is COc1ccccc1-c1noc(COC(=O)c2c(-c3ccccc3)noc2C)n1. The number of aromatic nitrogens is 3. The predicted octanol–water partition coefficient (Wildman–Crippen LogP) is 4.07. The Morgan fingerprint density at radius 3 is 2.55 bits per heavy atom. The van der Waals surface area contributed by atoms with E-state index in [0.717, 1.165) is 5.56 Å². The maximum Gasteiger partial charge on any atom is 0.344 e. The lowest BCUT2D eigenvalue weighted by molar-refractivity contribution is 0.0428. The van der Waals surface area contributed by atoms with Crippen molar-refractivity contribution in [3.63, 3.8) is 0 Å². The Hall–Kier alpha value is -3.94. The molecule has 0 N–H and O–H groups in total. The fourth-order valence-corrected chi connectivity index (χ4v) is 2.86. The molecule has 146 valence electrons. The van der Waals surface area contributed by atoms with Crippen molar-refractivity contribution in [1.29, 1.82) is 0 Å². The minimum absolute atomic E-state index is 0.162. The highest BCUT2D eigenvalue weighted by Gasteiger charge is 2.24. The molecule has 0 amide bonds. The molecule has 29 heavy (non-hydrogen) atoms. The topological polar surface area (TPSA) is 100 Å². The maximum atomic E-state index is 12.6. The second kappa shape index (κ2) is 7.97. The van der Waals surface area contributed by atoms with Crippen molar-refractivity contribution < 1.29 is 23.3 Å². The van der Waals surface area contributed by atoms with E-state index in [4.69, 9.17) is 18.5 Å². The molecule has 8 heteroatoms. The summed E-state index contributed by atoms with van der Waals surface area (Å²) in [5, 5.41) is 7.91. The van der Waals surface area contributed by atoms with Crippen LogP contribution in [-0.4, -0.2) is 28.4 Å². The molecule has 4 rings (SSSR count). The Morgan fingerprint density at radius 2 is 1.76 bits per heavy atom. The molecule has 2 aromatic carbocycles. The second-order valence-corrected chi connectivity index (χ2v) is 6.12. The lowest BCUT2D eigenvalue weighted by Crippen LogP contribution is -2.07. The second-order valence-electron chi connectivity index (χ2n) is 6.12. The Bertz CT molecular complexity index is 1130. The zero-order chi connectivity index (χ0) is 20.2. The monoisotopic (exact) mass is 391 g/mol. The molecule has 0 aliphatic heterocycles. The standard InChI is InChI=1S/C21H17N3O5/c1-13-18(19(23-28-13)14-8-4-3-5-9-14)21(25)27-12-17-22-20(24-29-17)15-10-6-7-11-16(15)26-2/h3-11H,12H2,1-2H3. The average molecular weight is 391 g/mol. The summed E-state index contributed by atoms with van der Waals surface area (Å²) in [6.07, 6.45) is 0. The molecule has 0 aliphatic rings. The van der Waals surface area contributed by atoms with E-state index in [9.17, 15) is 4.79 Å². The molecular weight excluding hydrogens is 374 g/mol. The van der Waals surface area contributed by atoms with Crippen LogP contribution in [0.25, 0.3) is 22.6 Å². The summed E-state index contributed by atoms with van der Waals surface area (Å²) in [7, 11) is 1.56. The number of hydrogen-bond acceptors (Lipinski definition) is 8. The van der Waals surface area contributed by atoms with E-state index in [0.29, 0.717) is 28.6 Å². The molecule has 2 aromatic heterocycles. The average Bonchev–Trinajstić information content (AvgIpc) is 3.39. The van der Waals surface area contributed by atoms with Crippen molar-refractivity contribution in [3.8, 4) is 28.4 Å². The van der Waals surface area contributed by atoms with Crippen LogP contribution in [0.5, 0.6) is 5.75 Å². The van der Waals surface area contributed by atoms with Gasteiger partial charge >= 0.3 is 5.97 Å². The van der Waals surface area contributed by atoms with Gasteiger partial charge in [-0.25, -0.2) is 4.79 Å². The van der Waals surface area contributed by atoms with E-state index in [2.05, 4.69) is 15.3 Å². The van der Waals surface area contributed by atoms with Gasteiger partial charge in [-0.2, -0.15) is 4.98 Å². The summed E-state index contributed by atoms with van der Waals surface area (Å²) in [6.45, 7) is 1.47. The molecule has 8 nitrogen and oxygen atoms in total. The summed E-state index contributed by atoms with van der Waals surface area (Å²) in [4.78, 5) is 16.9. The number of aryl methyl sites for hydroxylation is 1. The lowest BCUT2D eigenvalue weighted by Gasteiger charge is -2.03. The summed E-state index contributed by atoms with van der Waals surface area (Å²) < 4.78 is 21.0. The third-order valence-electron chi connectivity index (χ3n) is 4.26. The van der Waals surface area contributed by atoms with Gasteiger partial charge < -0.3 is 18.5 Å². The number of benzene rings is 2. The van der Waals surface area contributed by atoms with Crippen molar-refractivity contribution in [3.05, 3.63) is 71.8 Å². The van der Waals surface area contributed by atoms with Crippen LogP contribution in [0.4, 0.5) is 0 Å². The van der Waals surface area contributed by atoms with Gasteiger partial charge in [0.15, 0.2) is 6.61 Å². The first-order chi connectivity index (χ1) is 14.2. The molecule has 0 bridgehead atoms. The molecule has 0 unspecified atom stereocenters. The Morgan fingerprint density at radius 1 is 1.00 bits per heavy atom. The van der Waals surface area contributed by atoms with E-state index >= 15 is 0 Å². The zero-order valence-electron chi connectivity index (χ0n) is 15.8. The number of carbonyl (C=O) groups excluding carboxylic acids is 1. The highest BCUT2D eigenvalue weighted by atomic mass is 16.6. The number of hydrogen-bond donors (Lipinski definition) is 0. The minimum atomic E-state index is -0.584. The van der Waals surface area contributed by atoms with Crippen molar-refractivity contribution in [2.75, 3.05) is 7.11 Å². The third kappa shape index (κ3) is 3.73. The first-order valence-electron chi connectivity index (χ1n) is 8.82. The van der Waals surface area contributed by atoms with Gasteiger partial charge in [-0.1, -0.05) is 52.8 Å². The highest BCUT2D eigenvalue weighted by Crippen LogP contribution is 2.28. The first kappa shape index (κ1) is 18.4. The van der Waals surface area contributed by atoms with E-state index in [1.165, 1.54) is 0 Å². The minimum Gasteiger partial charge on any atom is -0.496 e. The molecule has 0 radical (unpaired) electrons. The summed E-state index contributed by atoms with van der Waals surface area (Å²) in [6, 6.07) is 16.6. The lowest BCUT2D eigenvalue weighted by atomic mass is 10.1. The van der Waals surface area contributed by atoms with E-state index < -0.39 is 5.97 Å². The normalized spacial score (nSPS) is 10.7. The van der Waals surface area contributed by atoms with Crippen LogP contribution < -0.4 is 4.74 Å². The molecule has 0 spiro atoms. The van der Waals surface area contributed by atoms with Gasteiger partial charge in [0.25, 0.3) is 5.89 Å². The number of esters is 1. The van der Waals surface area contributed by atoms with Crippen LogP contribution in [0.1, 0.15) is 22.0 Å². The number of methoxy groups -OCH3 is 1. The molecule has 0 saturated heterocycles. The van der Waals surface area contributed by atoms with Gasteiger partial charge in [-0.3, -0.25) is 0 Å². The quantitative estimate of drug-likeness (QED) is 0.454. The molecule has 0 aliphatic carbocycles. The van der Waals surface area contributed by atoms with Gasteiger partial charge in [-0.15, -0.1) is 0 Å². The summed E-state index contributed by atoms with van der Waals surface area (Å²) in [5.74, 6) is 0.910. The number of ether oxygens (including phenoxy) is 2. The fourth-order valence-electron chi connectivity index (χ4n) is 2.86. The Balaban J connectivity index is 1.51. The molecule has 2 heterocycles. The van der Waals surface area contributed by atoms with Crippen LogP contribution >= 0.6 is 0 Å². The van der Waals surface area contributed by atoms with E-state index in [1.807, 2.05) is 48.5 Å². The van der Waals surface area contributed by atoms with Gasteiger partial charge in [0.2, 0.25) is 5.82 Å². The van der Waals surface area contributed by atoms with Crippen LogP contribution in [0.2, 0.25) is 0 Å². The Labute approximate surface area is 166 Å². The predicted molar refractivity (Wildman–Crippen MR) is 102 cm³/mol.